The number of thiazole rings is 1. The van der Waals surface area contributed by atoms with Crippen molar-refractivity contribution in [1.29, 1.82) is 0 Å². The molecular weight excluding hydrogens is 208 g/mol. The van der Waals surface area contributed by atoms with Crippen LogP contribution in [0.15, 0.2) is 23.1 Å². The predicted molar refractivity (Wildman–Crippen MR) is 52.5 cm³/mol. The van der Waals surface area contributed by atoms with Gasteiger partial charge >= 0.3 is 0 Å². The van der Waals surface area contributed by atoms with Crippen molar-refractivity contribution in [2.45, 2.75) is 6.04 Å². The summed E-state index contributed by atoms with van der Waals surface area (Å²) in [4.78, 5) is 4.01. The van der Waals surface area contributed by atoms with Gasteiger partial charge in [0, 0.05) is 17.0 Å². The van der Waals surface area contributed by atoms with Gasteiger partial charge in [0.25, 0.3) is 0 Å². The standard InChI is InChI=1S/C7H8N2O2S2/c10-13(11)4-1-6(5-13)9-7-8-2-3-12-7/h1-4,6H,5H2,(H,8,9). The molecule has 0 spiro atoms. The quantitative estimate of drug-likeness (QED) is 0.796. The number of anilines is 1. The lowest BCUT2D eigenvalue weighted by molar-refractivity contribution is 0.605. The second kappa shape index (κ2) is 3.12. The van der Waals surface area contributed by atoms with E-state index in [1.165, 1.54) is 16.7 Å². The van der Waals surface area contributed by atoms with Crippen LogP contribution in [0.3, 0.4) is 0 Å². The van der Waals surface area contributed by atoms with Gasteiger partial charge < -0.3 is 5.32 Å². The summed E-state index contributed by atoms with van der Waals surface area (Å²) in [6, 6.07) is -0.129. The maximum Gasteiger partial charge on any atom is 0.183 e. The number of aromatic nitrogens is 1. The van der Waals surface area contributed by atoms with Gasteiger partial charge in [0.05, 0.1) is 11.8 Å². The monoisotopic (exact) mass is 216 g/mol. The zero-order valence-corrected chi connectivity index (χ0v) is 8.31. The Balaban J connectivity index is 2.04. The lowest BCUT2D eigenvalue weighted by atomic mass is 10.3. The molecule has 13 heavy (non-hydrogen) atoms. The van der Waals surface area contributed by atoms with Gasteiger partial charge in [0.1, 0.15) is 0 Å². The molecule has 2 rings (SSSR count). The summed E-state index contributed by atoms with van der Waals surface area (Å²) in [7, 11) is -2.96. The first-order valence-electron chi connectivity index (χ1n) is 3.73. The second-order valence-electron chi connectivity index (χ2n) is 2.75. The van der Waals surface area contributed by atoms with E-state index in [0.29, 0.717) is 0 Å². The van der Waals surface area contributed by atoms with Crippen molar-refractivity contribution in [1.82, 2.24) is 4.98 Å². The maximum absolute atomic E-state index is 11.0. The molecule has 0 bridgehead atoms. The largest absolute Gasteiger partial charge is 0.354 e. The normalized spacial score (nSPS) is 24.8. The van der Waals surface area contributed by atoms with Crippen molar-refractivity contribution in [3.05, 3.63) is 23.1 Å². The van der Waals surface area contributed by atoms with E-state index < -0.39 is 9.84 Å². The Morgan fingerprint density at radius 3 is 3.00 bits per heavy atom. The first-order valence-corrected chi connectivity index (χ1v) is 6.32. The molecule has 1 N–H and O–H groups in total. The Bertz CT molecular complexity index is 408. The van der Waals surface area contributed by atoms with Crippen molar-refractivity contribution in [3.8, 4) is 0 Å². The van der Waals surface area contributed by atoms with Gasteiger partial charge in [-0.2, -0.15) is 0 Å². The predicted octanol–water partition coefficient (Wildman–Crippen LogP) is 0.866. The molecule has 6 heteroatoms. The van der Waals surface area contributed by atoms with Crippen LogP contribution < -0.4 is 5.32 Å². The fraction of sp³-hybridized carbons (Fsp3) is 0.286. The average Bonchev–Trinajstić information content (AvgIpc) is 2.61. The van der Waals surface area contributed by atoms with E-state index in [-0.39, 0.29) is 11.8 Å². The number of sulfone groups is 1. The third-order valence-corrected chi connectivity index (χ3v) is 3.77. The zero-order chi connectivity index (χ0) is 9.31. The summed E-state index contributed by atoms with van der Waals surface area (Å²) in [5.41, 5.74) is 0. The summed E-state index contributed by atoms with van der Waals surface area (Å²) < 4.78 is 22.1. The number of nitrogens with zero attached hydrogens (tertiary/aromatic N) is 1. The highest BCUT2D eigenvalue weighted by Crippen LogP contribution is 2.16. The summed E-state index contributed by atoms with van der Waals surface area (Å²) in [5, 5.41) is 6.87. The summed E-state index contributed by atoms with van der Waals surface area (Å²) in [6.45, 7) is 0. The minimum atomic E-state index is -2.96. The second-order valence-corrected chi connectivity index (χ2v) is 5.57. The molecule has 0 amide bonds. The summed E-state index contributed by atoms with van der Waals surface area (Å²) >= 11 is 1.46. The van der Waals surface area contributed by atoms with Gasteiger partial charge in [-0.25, -0.2) is 13.4 Å². The molecule has 0 radical (unpaired) electrons. The van der Waals surface area contributed by atoms with Crippen LogP contribution in [0.25, 0.3) is 0 Å². The SMILES string of the molecule is O=S1(=O)C=CC(Nc2nccs2)C1. The van der Waals surface area contributed by atoms with Gasteiger partial charge in [-0.05, 0) is 6.08 Å². The molecule has 1 aromatic heterocycles. The van der Waals surface area contributed by atoms with E-state index in [1.807, 2.05) is 5.38 Å². The molecule has 1 aromatic rings. The van der Waals surface area contributed by atoms with Gasteiger partial charge in [-0.1, -0.05) is 0 Å². The van der Waals surface area contributed by atoms with E-state index in [2.05, 4.69) is 10.3 Å². The molecule has 0 aliphatic carbocycles. The molecule has 70 valence electrons. The first kappa shape index (κ1) is 8.71. The van der Waals surface area contributed by atoms with Gasteiger partial charge in [0.2, 0.25) is 0 Å². The molecule has 0 fully saturated rings. The van der Waals surface area contributed by atoms with Crippen LogP contribution >= 0.6 is 11.3 Å². The topological polar surface area (TPSA) is 59.1 Å². The Morgan fingerprint density at radius 1 is 1.62 bits per heavy atom. The first-order chi connectivity index (χ1) is 6.16. The summed E-state index contributed by atoms with van der Waals surface area (Å²) in [5.74, 6) is 0.132. The fourth-order valence-corrected chi connectivity index (χ4v) is 2.95. The van der Waals surface area contributed by atoms with E-state index in [4.69, 9.17) is 0 Å². The van der Waals surface area contributed by atoms with Crippen molar-refractivity contribution in [2.24, 2.45) is 0 Å². The Kier molecular flexibility index (Phi) is 2.09. The molecule has 1 aliphatic rings. The third kappa shape index (κ3) is 2.07. The number of hydrogen-bond donors (Lipinski definition) is 1. The minimum Gasteiger partial charge on any atom is -0.354 e. The molecule has 2 heterocycles. The van der Waals surface area contributed by atoms with E-state index >= 15 is 0 Å². The van der Waals surface area contributed by atoms with Crippen molar-refractivity contribution >= 4 is 26.3 Å². The highest BCUT2D eigenvalue weighted by Gasteiger charge is 2.21. The molecular formula is C7H8N2O2S2. The Morgan fingerprint density at radius 2 is 2.46 bits per heavy atom. The smallest absolute Gasteiger partial charge is 0.183 e. The molecule has 1 unspecified atom stereocenters. The van der Waals surface area contributed by atoms with Crippen LogP contribution in [-0.4, -0.2) is 25.2 Å². The fourth-order valence-electron chi connectivity index (χ4n) is 1.12. The van der Waals surface area contributed by atoms with Crippen LogP contribution in [0.1, 0.15) is 0 Å². The lowest BCUT2D eigenvalue weighted by Gasteiger charge is -2.06. The highest BCUT2D eigenvalue weighted by atomic mass is 32.2. The lowest BCUT2D eigenvalue weighted by Crippen LogP contribution is -2.20. The maximum atomic E-state index is 11.0. The van der Waals surface area contributed by atoms with Crippen LogP contribution in [0.5, 0.6) is 0 Å². The van der Waals surface area contributed by atoms with E-state index in [1.54, 1.807) is 12.3 Å². The number of rotatable bonds is 2. The molecule has 0 saturated heterocycles. The molecule has 1 aliphatic heterocycles. The molecule has 0 saturated carbocycles. The zero-order valence-electron chi connectivity index (χ0n) is 6.67. The third-order valence-electron chi connectivity index (χ3n) is 1.67. The van der Waals surface area contributed by atoms with Crippen LogP contribution in [0.4, 0.5) is 5.13 Å². The van der Waals surface area contributed by atoms with E-state index in [9.17, 15) is 8.42 Å². The van der Waals surface area contributed by atoms with Gasteiger partial charge in [-0.3, -0.25) is 0 Å². The van der Waals surface area contributed by atoms with E-state index in [0.717, 1.165) is 5.13 Å². The van der Waals surface area contributed by atoms with Gasteiger partial charge in [-0.15, -0.1) is 11.3 Å². The number of nitrogens with one attached hydrogen (secondary N) is 1. The van der Waals surface area contributed by atoms with Crippen molar-refractivity contribution in [2.75, 3.05) is 11.1 Å². The Hall–Kier alpha value is -0.880. The highest BCUT2D eigenvalue weighted by molar-refractivity contribution is 7.94. The Labute approximate surface area is 80.2 Å². The van der Waals surface area contributed by atoms with Crippen molar-refractivity contribution < 1.29 is 8.42 Å². The van der Waals surface area contributed by atoms with Crippen LogP contribution in [0.2, 0.25) is 0 Å². The minimum absolute atomic E-state index is 0.129. The molecule has 4 nitrogen and oxygen atoms in total. The molecule has 0 aromatic carbocycles. The summed E-state index contributed by atoms with van der Waals surface area (Å²) in [6.07, 6.45) is 3.33. The number of hydrogen-bond acceptors (Lipinski definition) is 5. The average molecular weight is 216 g/mol. The van der Waals surface area contributed by atoms with Crippen LogP contribution in [0, 0.1) is 0 Å². The van der Waals surface area contributed by atoms with Crippen LogP contribution in [-0.2, 0) is 9.84 Å². The van der Waals surface area contributed by atoms with Gasteiger partial charge in [0.15, 0.2) is 15.0 Å². The van der Waals surface area contributed by atoms with Crippen molar-refractivity contribution in [3.63, 3.8) is 0 Å². The molecule has 1 atom stereocenters.